The van der Waals surface area contributed by atoms with Crippen molar-refractivity contribution < 1.29 is 80.2 Å². The lowest BCUT2D eigenvalue weighted by Gasteiger charge is -2.21. The predicted octanol–water partition coefficient (Wildman–Crippen LogP) is 23.1. The van der Waals surface area contributed by atoms with Crippen LogP contribution < -0.4 is 0 Å². The second kappa shape index (κ2) is 74.7. The standard InChI is InChI=1S/C83H142O17P2/c1-5-9-13-17-21-25-29-33-35-37-38-40-41-45-48-52-56-60-64-68-81(86)94-74-79(100-83(88)70-66-62-58-54-50-46-42-39-36-34-30-26-22-18-14-10-6-2)76-98-102(91,92)96-72-77(84)71-95-101(89,90)97-75-78(99-82(87)69-65-61-57-53-49-44-32-28-24-20-16-12-8-4)73-93-80(85)67-63-59-55-51-47-43-31-27-23-19-15-11-7-3/h10,14-16,19-22,25-28,31-36,38,40,77-79,84H,5-9,11-13,17-18,23-24,29-30,37,39,41-76H2,1-4H3,(H,89,90)(H,91,92)/b14-10-,19-15-,20-16-,25-21-,26-22-,31-27-,32-28-,35-33-,36-34-,40-38-. The van der Waals surface area contributed by atoms with Gasteiger partial charge in [-0.1, -0.05) is 271 Å². The van der Waals surface area contributed by atoms with E-state index < -0.39 is 97.5 Å². The molecule has 0 spiro atoms. The number of esters is 4. The second-order valence-electron chi connectivity index (χ2n) is 26.3. The molecule has 0 aliphatic carbocycles. The monoisotopic (exact) mass is 1470 g/mol. The van der Waals surface area contributed by atoms with Crippen LogP contribution in [0.3, 0.4) is 0 Å². The van der Waals surface area contributed by atoms with Crippen LogP contribution in [0.2, 0.25) is 0 Å². The van der Waals surface area contributed by atoms with Gasteiger partial charge in [0.2, 0.25) is 0 Å². The molecular formula is C83H142O17P2. The molecule has 586 valence electrons. The van der Waals surface area contributed by atoms with Crippen molar-refractivity contribution in [3.8, 4) is 0 Å². The molecule has 0 aromatic heterocycles. The quantitative estimate of drug-likeness (QED) is 0.0169. The number of unbranched alkanes of at least 4 members (excludes halogenated alkanes) is 28. The molecule has 0 aromatic rings. The van der Waals surface area contributed by atoms with Gasteiger partial charge in [-0.3, -0.25) is 37.3 Å². The zero-order chi connectivity index (χ0) is 74.6. The summed E-state index contributed by atoms with van der Waals surface area (Å²) in [6, 6.07) is 0. The van der Waals surface area contributed by atoms with E-state index >= 15 is 0 Å². The van der Waals surface area contributed by atoms with Crippen molar-refractivity contribution in [2.24, 2.45) is 0 Å². The van der Waals surface area contributed by atoms with E-state index in [0.29, 0.717) is 25.7 Å². The summed E-state index contributed by atoms with van der Waals surface area (Å²) < 4.78 is 68.6. The molecule has 0 saturated carbocycles. The molecule has 19 heteroatoms. The number of rotatable bonds is 74. The van der Waals surface area contributed by atoms with Crippen molar-refractivity contribution in [2.75, 3.05) is 39.6 Å². The zero-order valence-corrected chi connectivity index (χ0v) is 65.8. The minimum absolute atomic E-state index is 0.0739. The van der Waals surface area contributed by atoms with Crippen molar-refractivity contribution in [1.82, 2.24) is 0 Å². The fourth-order valence-corrected chi connectivity index (χ4v) is 11.9. The molecule has 0 fully saturated rings. The van der Waals surface area contributed by atoms with Crippen LogP contribution in [0.4, 0.5) is 0 Å². The molecule has 17 nitrogen and oxygen atoms in total. The molecular weight excluding hydrogens is 1330 g/mol. The lowest BCUT2D eigenvalue weighted by atomic mass is 10.1. The number of hydrogen-bond donors (Lipinski definition) is 3. The Labute approximate surface area is 619 Å². The molecule has 5 atom stereocenters. The van der Waals surface area contributed by atoms with Crippen molar-refractivity contribution in [3.63, 3.8) is 0 Å². The van der Waals surface area contributed by atoms with E-state index in [1.807, 2.05) is 0 Å². The fraction of sp³-hybridized carbons (Fsp3) is 0.711. The highest BCUT2D eigenvalue weighted by Gasteiger charge is 2.30. The highest BCUT2D eigenvalue weighted by atomic mass is 31.2. The van der Waals surface area contributed by atoms with E-state index in [1.54, 1.807) is 0 Å². The van der Waals surface area contributed by atoms with E-state index in [0.717, 1.165) is 225 Å². The largest absolute Gasteiger partial charge is 0.472 e. The summed E-state index contributed by atoms with van der Waals surface area (Å²) in [6.45, 7) is 4.57. The highest BCUT2D eigenvalue weighted by Crippen LogP contribution is 2.45. The Morgan fingerprint density at radius 2 is 0.529 bits per heavy atom. The third-order valence-corrected chi connectivity index (χ3v) is 18.2. The first-order valence-corrected chi connectivity index (χ1v) is 42.8. The molecule has 102 heavy (non-hydrogen) atoms. The van der Waals surface area contributed by atoms with Gasteiger partial charge in [-0.25, -0.2) is 9.13 Å². The van der Waals surface area contributed by atoms with Crippen LogP contribution in [-0.4, -0.2) is 96.7 Å². The second-order valence-corrected chi connectivity index (χ2v) is 29.2. The third-order valence-electron chi connectivity index (χ3n) is 16.3. The average Bonchev–Trinajstić information content (AvgIpc) is 0.908. The van der Waals surface area contributed by atoms with E-state index in [9.17, 15) is 43.2 Å². The number of aliphatic hydroxyl groups excluding tert-OH is 1. The van der Waals surface area contributed by atoms with Crippen LogP contribution in [0.25, 0.3) is 0 Å². The molecule has 0 aliphatic heterocycles. The van der Waals surface area contributed by atoms with Gasteiger partial charge in [0.1, 0.15) is 19.3 Å². The Bertz CT molecular complexity index is 2410. The topological polar surface area (TPSA) is 237 Å². The molecule has 0 aromatic carbocycles. The summed E-state index contributed by atoms with van der Waals surface area (Å²) in [6.07, 6.45) is 81.7. The summed E-state index contributed by atoms with van der Waals surface area (Å²) in [7, 11) is -9.97. The number of hydrogen-bond acceptors (Lipinski definition) is 15. The summed E-state index contributed by atoms with van der Waals surface area (Å²) in [5.41, 5.74) is 0. The number of carbonyl (C=O) groups excluding carboxylic acids is 4. The van der Waals surface area contributed by atoms with Crippen LogP contribution in [-0.2, 0) is 65.4 Å². The van der Waals surface area contributed by atoms with Gasteiger partial charge in [-0.2, -0.15) is 0 Å². The van der Waals surface area contributed by atoms with Crippen molar-refractivity contribution in [2.45, 2.75) is 341 Å². The molecule has 3 N–H and O–H groups in total. The SMILES string of the molecule is CC/C=C\C/C=C\C/C=C\CCCCCCCCCC(=O)OC(COC(=O)CCCCCCCC/C=C\C/C=C\C/C=C\CCCCC)COP(=O)(O)OCC(O)COP(=O)(O)OCC(COC(=O)CCCCCCC/C=C\C/C=C\CCC)OC(=O)CCCCCCC/C=C\C/C=C\CCC. The Kier molecular flexibility index (Phi) is 71.4. The number of aliphatic hydroxyl groups is 1. The fourth-order valence-electron chi connectivity index (χ4n) is 10.3. The zero-order valence-electron chi connectivity index (χ0n) is 64.0. The Morgan fingerprint density at radius 3 is 0.824 bits per heavy atom. The first kappa shape index (κ1) is 97.5. The number of ether oxygens (including phenoxy) is 4. The van der Waals surface area contributed by atoms with Gasteiger partial charge in [-0.05, 0) is 148 Å². The van der Waals surface area contributed by atoms with Crippen LogP contribution >= 0.6 is 15.6 Å². The van der Waals surface area contributed by atoms with Gasteiger partial charge in [0.05, 0.1) is 26.4 Å². The summed E-state index contributed by atoms with van der Waals surface area (Å²) >= 11 is 0. The minimum atomic E-state index is -4.99. The maximum Gasteiger partial charge on any atom is 0.472 e. The normalized spacial score (nSPS) is 14.5. The van der Waals surface area contributed by atoms with Crippen molar-refractivity contribution in [3.05, 3.63) is 122 Å². The van der Waals surface area contributed by atoms with Crippen molar-refractivity contribution >= 4 is 39.5 Å². The number of phosphoric ester groups is 2. The molecule has 0 aliphatic rings. The van der Waals surface area contributed by atoms with E-state index in [4.69, 9.17) is 37.0 Å². The first-order chi connectivity index (χ1) is 49.7. The molecule has 5 unspecified atom stereocenters. The smallest absolute Gasteiger partial charge is 0.462 e. The van der Waals surface area contributed by atoms with Gasteiger partial charge in [0.25, 0.3) is 0 Å². The number of phosphoric acid groups is 2. The highest BCUT2D eigenvalue weighted by molar-refractivity contribution is 7.47. The summed E-state index contributed by atoms with van der Waals surface area (Å²) in [4.78, 5) is 73.0. The van der Waals surface area contributed by atoms with Gasteiger partial charge in [0, 0.05) is 25.7 Å². The van der Waals surface area contributed by atoms with Crippen LogP contribution in [0, 0.1) is 0 Å². The molecule has 0 amide bonds. The lowest BCUT2D eigenvalue weighted by Crippen LogP contribution is -2.30. The first-order valence-electron chi connectivity index (χ1n) is 39.8. The minimum Gasteiger partial charge on any atom is -0.462 e. The predicted molar refractivity (Wildman–Crippen MR) is 418 cm³/mol. The van der Waals surface area contributed by atoms with E-state index in [2.05, 4.69) is 149 Å². The van der Waals surface area contributed by atoms with Gasteiger partial charge >= 0.3 is 39.5 Å². The Hall–Kier alpha value is -4.54. The average molecular weight is 1470 g/mol. The van der Waals surface area contributed by atoms with Gasteiger partial charge in [0.15, 0.2) is 12.2 Å². The molecule has 0 bridgehead atoms. The van der Waals surface area contributed by atoms with Crippen LogP contribution in [0.5, 0.6) is 0 Å². The third kappa shape index (κ3) is 73.8. The van der Waals surface area contributed by atoms with Crippen molar-refractivity contribution in [1.29, 1.82) is 0 Å². The van der Waals surface area contributed by atoms with Crippen LogP contribution in [0.15, 0.2) is 122 Å². The lowest BCUT2D eigenvalue weighted by molar-refractivity contribution is -0.161. The van der Waals surface area contributed by atoms with E-state index in [-0.39, 0.29) is 25.7 Å². The number of allylic oxidation sites excluding steroid dienone is 20. The van der Waals surface area contributed by atoms with Gasteiger partial charge in [-0.15, -0.1) is 0 Å². The maximum atomic E-state index is 13.1. The molecule has 0 rings (SSSR count). The Balaban J connectivity index is 5.38. The summed E-state index contributed by atoms with van der Waals surface area (Å²) in [5.74, 6) is -2.22. The molecule has 0 heterocycles. The maximum absolute atomic E-state index is 13.1. The van der Waals surface area contributed by atoms with E-state index in [1.165, 1.54) is 19.3 Å². The summed E-state index contributed by atoms with van der Waals surface area (Å²) in [5, 5.41) is 10.6. The molecule has 0 radical (unpaired) electrons. The van der Waals surface area contributed by atoms with Gasteiger partial charge < -0.3 is 33.8 Å². The number of carbonyl (C=O) groups is 4. The molecule has 0 saturated heterocycles. The van der Waals surface area contributed by atoms with Crippen LogP contribution in [0.1, 0.15) is 323 Å². The Morgan fingerprint density at radius 1 is 0.284 bits per heavy atom.